The third-order valence-corrected chi connectivity index (χ3v) is 4.03. The molecule has 0 radical (unpaired) electrons. The van der Waals surface area contributed by atoms with Gasteiger partial charge in [0.2, 0.25) is 0 Å². The maximum atomic E-state index is 14.4. The average Bonchev–Trinajstić information content (AvgIpc) is 2.61. The van der Waals surface area contributed by atoms with Crippen LogP contribution in [0.5, 0.6) is 0 Å². The Bertz CT molecular complexity index is 871. The van der Waals surface area contributed by atoms with E-state index >= 15 is 0 Å². The molecule has 2 aromatic carbocycles. The first-order valence-corrected chi connectivity index (χ1v) is 8.20. The van der Waals surface area contributed by atoms with Crippen LogP contribution in [0, 0.1) is 11.6 Å². The number of rotatable bonds is 5. The molecule has 0 spiro atoms. The Hall–Kier alpha value is -2.59. The molecule has 0 amide bonds. The minimum atomic E-state index is -1.10. The summed E-state index contributed by atoms with van der Waals surface area (Å²) in [4.78, 5) is 0. The van der Waals surface area contributed by atoms with E-state index in [4.69, 9.17) is 0 Å². The van der Waals surface area contributed by atoms with Crippen LogP contribution in [0.15, 0.2) is 66.5 Å². The maximum absolute atomic E-state index is 14.4. The molecular formula is C22H21F3O. The summed E-state index contributed by atoms with van der Waals surface area (Å²) >= 11 is 0. The van der Waals surface area contributed by atoms with Gasteiger partial charge in [-0.15, -0.1) is 0 Å². The van der Waals surface area contributed by atoms with Crippen LogP contribution in [0.1, 0.15) is 38.0 Å². The van der Waals surface area contributed by atoms with Gasteiger partial charge in [-0.2, -0.15) is 0 Å². The molecule has 1 unspecified atom stereocenters. The number of hydrogen-bond donors (Lipinski definition) is 1. The first-order chi connectivity index (χ1) is 12.3. The van der Waals surface area contributed by atoms with Crippen LogP contribution in [0.4, 0.5) is 13.2 Å². The Kier molecular flexibility index (Phi) is 6.22. The van der Waals surface area contributed by atoms with E-state index in [1.807, 2.05) is 0 Å². The zero-order valence-corrected chi connectivity index (χ0v) is 15.0. The largest absolute Gasteiger partial charge is 0.389 e. The number of halogens is 3. The second-order valence-corrected chi connectivity index (χ2v) is 6.21. The Balaban J connectivity index is 2.48. The van der Waals surface area contributed by atoms with Crippen LogP contribution < -0.4 is 0 Å². The predicted octanol–water partition coefficient (Wildman–Crippen LogP) is 6.52. The number of aliphatic hydroxyl groups is 1. The minimum Gasteiger partial charge on any atom is -0.389 e. The number of allylic oxidation sites excluding steroid dienone is 5. The highest BCUT2D eigenvalue weighted by molar-refractivity contribution is 5.80. The van der Waals surface area contributed by atoms with E-state index in [-0.39, 0.29) is 17.0 Å². The van der Waals surface area contributed by atoms with Gasteiger partial charge in [-0.1, -0.05) is 55.1 Å². The van der Waals surface area contributed by atoms with Crippen molar-refractivity contribution in [2.75, 3.05) is 0 Å². The Morgan fingerprint density at radius 2 is 1.65 bits per heavy atom. The summed E-state index contributed by atoms with van der Waals surface area (Å²) in [6.45, 7) is 8.31. The first-order valence-electron chi connectivity index (χ1n) is 8.20. The fourth-order valence-corrected chi connectivity index (χ4v) is 2.62. The first kappa shape index (κ1) is 19.7. The normalized spacial score (nSPS) is 12.7. The van der Waals surface area contributed by atoms with E-state index in [1.54, 1.807) is 44.2 Å². The predicted molar refractivity (Wildman–Crippen MR) is 100 cm³/mol. The zero-order valence-electron chi connectivity index (χ0n) is 15.0. The van der Waals surface area contributed by atoms with Crippen molar-refractivity contribution in [3.63, 3.8) is 0 Å². The van der Waals surface area contributed by atoms with Crippen molar-refractivity contribution in [3.05, 3.63) is 89.3 Å². The third kappa shape index (κ3) is 3.97. The number of benzene rings is 2. The summed E-state index contributed by atoms with van der Waals surface area (Å²) in [6, 6.07) is 9.28. The molecule has 4 heteroatoms. The molecular weight excluding hydrogens is 337 g/mol. The van der Waals surface area contributed by atoms with Crippen LogP contribution in [0.2, 0.25) is 0 Å². The smallest absolute Gasteiger partial charge is 0.167 e. The molecule has 0 fully saturated rings. The van der Waals surface area contributed by atoms with Crippen molar-refractivity contribution >= 4 is 5.57 Å². The fourth-order valence-electron chi connectivity index (χ4n) is 2.62. The lowest BCUT2D eigenvalue weighted by molar-refractivity contribution is 0.193. The highest BCUT2D eigenvalue weighted by Gasteiger charge is 2.17. The molecule has 0 saturated carbocycles. The van der Waals surface area contributed by atoms with Crippen LogP contribution in [-0.4, -0.2) is 5.11 Å². The van der Waals surface area contributed by atoms with E-state index in [2.05, 4.69) is 6.58 Å². The van der Waals surface area contributed by atoms with Crippen LogP contribution in [-0.2, 0) is 0 Å². The van der Waals surface area contributed by atoms with Gasteiger partial charge >= 0.3 is 0 Å². The van der Waals surface area contributed by atoms with Gasteiger partial charge in [0, 0.05) is 16.7 Å². The van der Waals surface area contributed by atoms with Crippen molar-refractivity contribution < 1.29 is 18.3 Å². The SMILES string of the molecule is C=C/C=C(\C(F)=C(C)C)c1ccc(-c2ccc(C(C)O)c(F)c2F)cc1. The van der Waals surface area contributed by atoms with Gasteiger partial charge in [0.05, 0.1) is 6.10 Å². The minimum absolute atomic E-state index is 0.0791. The summed E-state index contributed by atoms with van der Waals surface area (Å²) in [5.41, 5.74) is 1.96. The van der Waals surface area contributed by atoms with E-state index < -0.39 is 17.7 Å². The Morgan fingerprint density at radius 3 is 2.15 bits per heavy atom. The maximum Gasteiger partial charge on any atom is 0.167 e. The molecule has 2 rings (SSSR count). The molecule has 0 aliphatic carbocycles. The summed E-state index contributed by atoms with van der Waals surface area (Å²) in [6.07, 6.45) is 1.96. The van der Waals surface area contributed by atoms with Gasteiger partial charge in [-0.25, -0.2) is 13.2 Å². The van der Waals surface area contributed by atoms with Gasteiger partial charge in [-0.3, -0.25) is 0 Å². The molecule has 136 valence electrons. The van der Waals surface area contributed by atoms with Gasteiger partial charge < -0.3 is 5.11 Å². The van der Waals surface area contributed by atoms with E-state index in [0.717, 1.165) is 0 Å². The summed E-state index contributed by atoms with van der Waals surface area (Å²) < 4.78 is 42.8. The summed E-state index contributed by atoms with van der Waals surface area (Å²) in [5.74, 6) is -2.44. The van der Waals surface area contributed by atoms with Crippen LogP contribution in [0.25, 0.3) is 16.7 Å². The second-order valence-electron chi connectivity index (χ2n) is 6.21. The number of aliphatic hydroxyl groups excluding tert-OH is 1. The molecule has 0 aliphatic heterocycles. The standard InChI is InChI=1S/C22H21F3O/c1-5-6-18(20(23)13(2)3)15-7-9-16(10-8-15)19-12-11-17(14(4)26)21(24)22(19)25/h5-12,14,26H,1H2,2-4H3/b18-6-. The van der Waals surface area contributed by atoms with Crippen molar-refractivity contribution in [1.29, 1.82) is 0 Å². The van der Waals surface area contributed by atoms with Gasteiger partial charge in [-0.05, 0) is 37.5 Å². The number of hydrogen-bond acceptors (Lipinski definition) is 1. The molecule has 1 nitrogen and oxygen atoms in total. The summed E-state index contributed by atoms with van der Waals surface area (Å²) in [7, 11) is 0. The molecule has 1 N–H and O–H groups in total. The zero-order chi connectivity index (χ0) is 19.4. The molecule has 0 aliphatic rings. The van der Waals surface area contributed by atoms with Crippen LogP contribution in [0.3, 0.4) is 0 Å². The lowest BCUT2D eigenvalue weighted by atomic mass is 9.96. The monoisotopic (exact) mass is 358 g/mol. The van der Waals surface area contributed by atoms with Gasteiger partial charge in [0.25, 0.3) is 0 Å². The van der Waals surface area contributed by atoms with Crippen molar-refractivity contribution in [2.24, 2.45) is 0 Å². The fraction of sp³-hybridized carbons (Fsp3) is 0.182. The third-order valence-electron chi connectivity index (χ3n) is 4.03. The molecule has 0 bridgehead atoms. The van der Waals surface area contributed by atoms with E-state index in [9.17, 15) is 18.3 Å². The van der Waals surface area contributed by atoms with Crippen molar-refractivity contribution in [2.45, 2.75) is 26.9 Å². The van der Waals surface area contributed by atoms with E-state index in [1.165, 1.54) is 25.1 Å². The lowest BCUT2D eigenvalue weighted by Crippen LogP contribution is -2.00. The highest BCUT2D eigenvalue weighted by Crippen LogP contribution is 2.32. The molecule has 26 heavy (non-hydrogen) atoms. The highest BCUT2D eigenvalue weighted by atomic mass is 19.2. The van der Waals surface area contributed by atoms with Crippen molar-refractivity contribution in [3.8, 4) is 11.1 Å². The Labute approximate surface area is 151 Å². The van der Waals surface area contributed by atoms with Crippen LogP contribution >= 0.6 is 0 Å². The summed E-state index contributed by atoms with van der Waals surface area (Å²) in [5, 5.41) is 9.47. The molecule has 0 heterocycles. The second kappa shape index (κ2) is 8.19. The average molecular weight is 358 g/mol. The Morgan fingerprint density at radius 1 is 1.04 bits per heavy atom. The van der Waals surface area contributed by atoms with Crippen molar-refractivity contribution in [1.82, 2.24) is 0 Å². The topological polar surface area (TPSA) is 20.2 Å². The van der Waals surface area contributed by atoms with Gasteiger partial charge in [0.15, 0.2) is 11.6 Å². The molecule has 2 aromatic rings. The van der Waals surface area contributed by atoms with Gasteiger partial charge in [0.1, 0.15) is 5.83 Å². The molecule has 0 saturated heterocycles. The molecule has 0 aromatic heterocycles. The quantitative estimate of drug-likeness (QED) is 0.603. The van der Waals surface area contributed by atoms with E-state index in [0.29, 0.717) is 22.3 Å². The molecule has 1 atom stereocenters. The lowest BCUT2D eigenvalue weighted by Gasteiger charge is -2.12.